The number of hydrogen-bond acceptors (Lipinski definition) is 4. The van der Waals surface area contributed by atoms with Gasteiger partial charge < -0.3 is 20.3 Å². The number of carbonyl (C=O) groups is 3. The highest BCUT2D eigenvalue weighted by Crippen LogP contribution is 2.55. The van der Waals surface area contributed by atoms with E-state index in [1.807, 2.05) is 52.0 Å². The zero-order valence-corrected chi connectivity index (χ0v) is 20.7. The topological polar surface area (TPSA) is 87.7 Å². The second kappa shape index (κ2) is 8.55. The number of fused-ring (bicyclic) bond motifs is 1. The van der Waals surface area contributed by atoms with Crippen molar-refractivity contribution in [3.05, 3.63) is 77.6 Å². The first-order valence-corrected chi connectivity index (χ1v) is 12.1. The van der Waals surface area contributed by atoms with Gasteiger partial charge in [-0.1, -0.05) is 54.1 Å². The Morgan fingerprint density at radius 1 is 1.08 bits per heavy atom. The number of halogens is 1. The summed E-state index contributed by atoms with van der Waals surface area (Å²) in [5.41, 5.74) is 0.168. The van der Waals surface area contributed by atoms with Crippen molar-refractivity contribution in [2.75, 3.05) is 5.32 Å². The van der Waals surface area contributed by atoms with Gasteiger partial charge >= 0.3 is 0 Å². The lowest BCUT2D eigenvalue weighted by molar-refractivity contribution is -0.142. The Morgan fingerprint density at radius 2 is 1.78 bits per heavy atom. The van der Waals surface area contributed by atoms with E-state index >= 15 is 0 Å². The number of benzene rings is 2. The molecule has 0 aromatic heterocycles. The molecule has 3 heterocycles. The van der Waals surface area contributed by atoms with Gasteiger partial charge in [0, 0.05) is 12.1 Å². The molecule has 36 heavy (non-hydrogen) atoms. The second-order valence-corrected chi connectivity index (χ2v) is 10.9. The molecule has 0 unspecified atom stereocenters. The number of aryl methyl sites for hydroxylation is 1. The SMILES string of the molecule is Cc1ccc(CN2C(=O)[C@H]3[C@@H](C(=O)Nc4ccccc4F)[C@H]4C=C[C@]3(O4)[C@@H]2C(=O)NC(C)(C)C)cc1. The van der Waals surface area contributed by atoms with Crippen molar-refractivity contribution < 1.29 is 23.5 Å². The van der Waals surface area contributed by atoms with Crippen molar-refractivity contribution >= 4 is 23.4 Å². The Morgan fingerprint density at radius 3 is 2.44 bits per heavy atom. The fourth-order valence-corrected chi connectivity index (χ4v) is 5.54. The van der Waals surface area contributed by atoms with Gasteiger partial charge in [-0.15, -0.1) is 0 Å². The molecule has 188 valence electrons. The van der Waals surface area contributed by atoms with Gasteiger partial charge in [0.05, 0.1) is 23.6 Å². The van der Waals surface area contributed by atoms with E-state index in [-0.39, 0.29) is 24.0 Å². The van der Waals surface area contributed by atoms with E-state index in [0.717, 1.165) is 11.1 Å². The molecule has 2 aromatic carbocycles. The number of nitrogens with one attached hydrogen (secondary N) is 2. The predicted octanol–water partition coefficient (Wildman–Crippen LogP) is 3.34. The molecule has 1 spiro atoms. The summed E-state index contributed by atoms with van der Waals surface area (Å²) in [7, 11) is 0. The first-order chi connectivity index (χ1) is 17.0. The molecule has 0 radical (unpaired) electrons. The third-order valence-electron chi connectivity index (χ3n) is 7.03. The van der Waals surface area contributed by atoms with Crippen LogP contribution in [0.25, 0.3) is 0 Å². The molecule has 2 saturated heterocycles. The Kier molecular flexibility index (Phi) is 5.75. The van der Waals surface area contributed by atoms with Crippen LogP contribution in [0.2, 0.25) is 0 Å². The first kappa shape index (κ1) is 24.2. The van der Waals surface area contributed by atoms with Gasteiger partial charge in [0.15, 0.2) is 0 Å². The van der Waals surface area contributed by atoms with Crippen LogP contribution < -0.4 is 10.6 Å². The summed E-state index contributed by atoms with van der Waals surface area (Å²) in [6.45, 7) is 7.78. The van der Waals surface area contributed by atoms with Crippen molar-refractivity contribution in [2.24, 2.45) is 11.8 Å². The zero-order chi connectivity index (χ0) is 25.8. The van der Waals surface area contributed by atoms with Crippen LogP contribution in [0.5, 0.6) is 0 Å². The molecule has 3 aliphatic rings. The summed E-state index contributed by atoms with van der Waals surface area (Å²) < 4.78 is 20.5. The minimum absolute atomic E-state index is 0.0345. The van der Waals surface area contributed by atoms with E-state index in [1.165, 1.54) is 23.1 Å². The maximum absolute atomic E-state index is 14.2. The molecule has 5 atom stereocenters. The lowest BCUT2D eigenvalue weighted by atomic mass is 9.74. The number of hydrogen-bond donors (Lipinski definition) is 2. The zero-order valence-electron chi connectivity index (χ0n) is 20.7. The average molecular weight is 492 g/mol. The van der Waals surface area contributed by atoms with E-state index < -0.39 is 46.8 Å². The van der Waals surface area contributed by atoms with Gasteiger partial charge in [0.25, 0.3) is 0 Å². The molecule has 8 heteroatoms. The fraction of sp³-hybridized carbons (Fsp3) is 0.393. The lowest BCUT2D eigenvalue weighted by Gasteiger charge is -2.34. The predicted molar refractivity (Wildman–Crippen MR) is 132 cm³/mol. The molecule has 0 aliphatic carbocycles. The molecule has 2 fully saturated rings. The van der Waals surface area contributed by atoms with Gasteiger partial charge in [-0.05, 0) is 45.4 Å². The number of rotatable bonds is 5. The Balaban J connectivity index is 1.51. The van der Waals surface area contributed by atoms with E-state index in [4.69, 9.17) is 4.74 Å². The summed E-state index contributed by atoms with van der Waals surface area (Å²) >= 11 is 0. The number of anilines is 1. The highest BCUT2D eigenvalue weighted by molar-refractivity contribution is 6.02. The lowest BCUT2D eigenvalue weighted by Crippen LogP contribution is -2.57. The number of ether oxygens (including phenoxy) is 1. The first-order valence-electron chi connectivity index (χ1n) is 12.1. The van der Waals surface area contributed by atoms with Crippen LogP contribution in [0, 0.1) is 24.6 Å². The van der Waals surface area contributed by atoms with E-state index in [9.17, 15) is 18.8 Å². The molecule has 3 aliphatic heterocycles. The molecule has 2 bridgehead atoms. The van der Waals surface area contributed by atoms with Crippen LogP contribution in [0.3, 0.4) is 0 Å². The van der Waals surface area contributed by atoms with Crippen molar-refractivity contribution in [3.8, 4) is 0 Å². The maximum atomic E-state index is 14.2. The number of para-hydroxylation sites is 1. The van der Waals surface area contributed by atoms with Gasteiger partial charge in [-0.25, -0.2) is 4.39 Å². The van der Waals surface area contributed by atoms with E-state index in [1.54, 1.807) is 18.2 Å². The van der Waals surface area contributed by atoms with Gasteiger partial charge in [0.1, 0.15) is 17.5 Å². The summed E-state index contributed by atoms with van der Waals surface area (Å²) in [5, 5.41) is 5.61. The summed E-state index contributed by atoms with van der Waals surface area (Å²) in [4.78, 5) is 42.5. The third-order valence-corrected chi connectivity index (χ3v) is 7.03. The molecular formula is C28H30FN3O4. The van der Waals surface area contributed by atoms with Crippen LogP contribution in [-0.2, 0) is 25.7 Å². The summed E-state index contributed by atoms with van der Waals surface area (Å²) in [6.07, 6.45) is 2.81. The number of carbonyl (C=O) groups excluding carboxylic acids is 3. The fourth-order valence-electron chi connectivity index (χ4n) is 5.54. The van der Waals surface area contributed by atoms with Crippen molar-refractivity contribution in [1.82, 2.24) is 10.2 Å². The quantitative estimate of drug-likeness (QED) is 0.628. The highest BCUT2D eigenvalue weighted by Gasteiger charge is 2.72. The number of amides is 3. The molecule has 2 aromatic rings. The van der Waals surface area contributed by atoms with Crippen LogP contribution in [0.4, 0.5) is 10.1 Å². The van der Waals surface area contributed by atoms with Crippen LogP contribution in [0.15, 0.2) is 60.7 Å². The molecule has 0 saturated carbocycles. The van der Waals surface area contributed by atoms with Gasteiger partial charge in [-0.2, -0.15) is 0 Å². The monoisotopic (exact) mass is 491 g/mol. The van der Waals surface area contributed by atoms with E-state index in [0.29, 0.717) is 0 Å². The molecule has 5 rings (SSSR count). The summed E-state index contributed by atoms with van der Waals surface area (Å²) in [5.74, 6) is -3.55. The number of likely N-dealkylation sites (tertiary alicyclic amines) is 1. The summed E-state index contributed by atoms with van der Waals surface area (Å²) in [6, 6.07) is 12.7. The van der Waals surface area contributed by atoms with Gasteiger partial charge in [-0.3, -0.25) is 14.4 Å². The van der Waals surface area contributed by atoms with E-state index in [2.05, 4.69) is 10.6 Å². The van der Waals surface area contributed by atoms with Crippen LogP contribution >= 0.6 is 0 Å². The molecular weight excluding hydrogens is 461 g/mol. The van der Waals surface area contributed by atoms with Gasteiger partial charge in [0.2, 0.25) is 17.7 Å². The second-order valence-electron chi connectivity index (χ2n) is 10.9. The normalized spacial score (nSPS) is 28.4. The largest absolute Gasteiger partial charge is 0.359 e. The molecule has 7 nitrogen and oxygen atoms in total. The number of nitrogens with zero attached hydrogens (tertiary/aromatic N) is 1. The van der Waals surface area contributed by atoms with Crippen LogP contribution in [0.1, 0.15) is 31.9 Å². The minimum atomic E-state index is -1.28. The standard InChI is InChI=1S/C28H30FN3O4/c1-16-9-11-17(12-10-16)15-32-23(25(34)31-27(2,3)4)28-14-13-20(36-28)21(22(28)26(32)35)24(33)30-19-8-6-5-7-18(19)29/h5-14,20-23H,15H2,1-4H3,(H,30,33)(H,31,34)/t20-,21+,22-,23+,28-/m1/s1. The Bertz CT molecular complexity index is 1250. The molecule has 3 amide bonds. The Labute approximate surface area is 209 Å². The third kappa shape index (κ3) is 3.99. The minimum Gasteiger partial charge on any atom is -0.359 e. The van der Waals surface area contributed by atoms with Crippen molar-refractivity contribution in [1.29, 1.82) is 0 Å². The smallest absolute Gasteiger partial charge is 0.246 e. The van der Waals surface area contributed by atoms with Crippen LogP contribution in [-0.4, -0.2) is 45.9 Å². The highest BCUT2D eigenvalue weighted by atomic mass is 19.1. The maximum Gasteiger partial charge on any atom is 0.246 e. The average Bonchev–Trinajstić information content (AvgIpc) is 3.43. The van der Waals surface area contributed by atoms with Crippen molar-refractivity contribution in [3.63, 3.8) is 0 Å². The van der Waals surface area contributed by atoms with Crippen molar-refractivity contribution in [2.45, 2.75) is 57.5 Å². The molecule has 2 N–H and O–H groups in total. The Hall–Kier alpha value is -3.52.